The predicted molar refractivity (Wildman–Crippen MR) is 66.8 cm³/mol. The summed E-state index contributed by atoms with van der Waals surface area (Å²) in [6.45, 7) is 0.813. The highest BCUT2D eigenvalue weighted by atomic mass is 32.2. The van der Waals surface area contributed by atoms with Crippen LogP contribution in [0.25, 0.3) is 0 Å². The Kier molecular flexibility index (Phi) is 4.69. The lowest BCUT2D eigenvalue weighted by atomic mass is 10.1. The number of thioether (sulfide) groups is 1. The van der Waals surface area contributed by atoms with E-state index in [-0.39, 0.29) is 12.2 Å². The maximum atomic E-state index is 9.89. The molecule has 3 heteroatoms. The molecule has 1 fully saturated rings. The summed E-state index contributed by atoms with van der Waals surface area (Å²) in [6.07, 6.45) is 2.70. The van der Waals surface area contributed by atoms with Gasteiger partial charge in [-0.2, -0.15) is 0 Å². The van der Waals surface area contributed by atoms with Crippen LogP contribution >= 0.6 is 11.8 Å². The molecule has 1 aromatic rings. The minimum atomic E-state index is -0.293. The number of hydrogen-bond donors (Lipinski definition) is 1. The van der Waals surface area contributed by atoms with Crippen LogP contribution in [0.1, 0.15) is 19.3 Å². The van der Waals surface area contributed by atoms with Crippen LogP contribution in [0.15, 0.2) is 35.2 Å². The van der Waals surface area contributed by atoms with Gasteiger partial charge in [0, 0.05) is 17.3 Å². The Hall–Kier alpha value is -0.510. The largest absolute Gasteiger partial charge is 0.390 e. The molecule has 2 atom stereocenters. The van der Waals surface area contributed by atoms with Crippen molar-refractivity contribution in [3.05, 3.63) is 30.3 Å². The molecule has 2 rings (SSSR count). The van der Waals surface area contributed by atoms with Crippen LogP contribution in [0.3, 0.4) is 0 Å². The molecule has 1 N–H and O–H groups in total. The second-order valence-electron chi connectivity index (χ2n) is 4.07. The molecule has 1 heterocycles. The Morgan fingerprint density at radius 2 is 2.19 bits per heavy atom. The second kappa shape index (κ2) is 6.28. The minimum absolute atomic E-state index is 0.0800. The number of aliphatic hydroxyl groups excluding tert-OH is 1. The first kappa shape index (κ1) is 12.0. The summed E-state index contributed by atoms with van der Waals surface area (Å²) in [5.41, 5.74) is 0. The van der Waals surface area contributed by atoms with Crippen molar-refractivity contribution < 1.29 is 9.84 Å². The third kappa shape index (κ3) is 3.51. The van der Waals surface area contributed by atoms with Crippen LogP contribution in [-0.4, -0.2) is 29.7 Å². The Bertz CT molecular complexity index is 296. The highest BCUT2D eigenvalue weighted by molar-refractivity contribution is 7.99. The molecule has 0 spiro atoms. The molecule has 0 radical (unpaired) electrons. The Labute approximate surface area is 101 Å². The first-order chi connectivity index (χ1) is 7.86. The molecule has 0 bridgehead atoms. The van der Waals surface area contributed by atoms with Gasteiger partial charge >= 0.3 is 0 Å². The van der Waals surface area contributed by atoms with Crippen LogP contribution in [0, 0.1) is 0 Å². The van der Waals surface area contributed by atoms with Crippen molar-refractivity contribution in [2.45, 2.75) is 36.4 Å². The average Bonchev–Trinajstić information content (AvgIpc) is 2.84. The molecule has 1 aliphatic rings. The van der Waals surface area contributed by atoms with Crippen molar-refractivity contribution in [3.63, 3.8) is 0 Å². The summed E-state index contributed by atoms with van der Waals surface area (Å²) in [5.74, 6) is 0.949. The zero-order valence-electron chi connectivity index (χ0n) is 9.34. The standard InChI is InChI=1S/C13H18O2S/c14-12(13-7-4-9-15-13)8-10-16-11-5-2-1-3-6-11/h1-3,5-6,12-14H,4,7-10H2/t12-,13-/m1/s1. The average molecular weight is 238 g/mol. The monoisotopic (exact) mass is 238 g/mol. The third-order valence-corrected chi connectivity index (χ3v) is 3.86. The number of aliphatic hydroxyl groups is 1. The van der Waals surface area contributed by atoms with Gasteiger partial charge in [-0.3, -0.25) is 0 Å². The fourth-order valence-electron chi connectivity index (χ4n) is 1.91. The first-order valence-corrected chi connectivity index (χ1v) is 6.82. The van der Waals surface area contributed by atoms with Crippen molar-refractivity contribution in [3.8, 4) is 0 Å². The van der Waals surface area contributed by atoms with Crippen LogP contribution in [0.5, 0.6) is 0 Å². The molecule has 1 aliphatic heterocycles. The zero-order chi connectivity index (χ0) is 11.2. The van der Waals surface area contributed by atoms with Gasteiger partial charge in [0.2, 0.25) is 0 Å². The lowest BCUT2D eigenvalue weighted by Gasteiger charge is -2.16. The van der Waals surface area contributed by atoms with E-state index in [0.29, 0.717) is 0 Å². The van der Waals surface area contributed by atoms with Crippen LogP contribution in [-0.2, 0) is 4.74 Å². The van der Waals surface area contributed by atoms with E-state index in [1.165, 1.54) is 4.90 Å². The molecular weight excluding hydrogens is 220 g/mol. The highest BCUT2D eigenvalue weighted by Crippen LogP contribution is 2.22. The quantitative estimate of drug-likeness (QED) is 0.800. The Balaban J connectivity index is 1.67. The number of rotatable bonds is 5. The van der Waals surface area contributed by atoms with Gasteiger partial charge in [-0.25, -0.2) is 0 Å². The molecule has 0 unspecified atom stereocenters. The van der Waals surface area contributed by atoms with E-state index in [4.69, 9.17) is 4.74 Å². The third-order valence-electron chi connectivity index (χ3n) is 2.82. The maximum absolute atomic E-state index is 9.89. The molecule has 0 amide bonds. The summed E-state index contributed by atoms with van der Waals surface area (Å²) in [4.78, 5) is 1.27. The van der Waals surface area contributed by atoms with Crippen molar-refractivity contribution >= 4 is 11.8 Å². The second-order valence-corrected chi connectivity index (χ2v) is 5.24. The summed E-state index contributed by atoms with van der Waals surface area (Å²) in [5, 5.41) is 9.89. The van der Waals surface area contributed by atoms with Crippen LogP contribution in [0.2, 0.25) is 0 Å². The number of hydrogen-bond acceptors (Lipinski definition) is 3. The molecule has 0 aliphatic carbocycles. The van der Waals surface area contributed by atoms with Gasteiger partial charge in [0.15, 0.2) is 0 Å². The van der Waals surface area contributed by atoms with Crippen molar-refractivity contribution in [1.82, 2.24) is 0 Å². The highest BCUT2D eigenvalue weighted by Gasteiger charge is 2.23. The van der Waals surface area contributed by atoms with Gasteiger partial charge in [-0.1, -0.05) is 18.2 Å². The first-order valence-electron chi connectivity index (χ1n) is 5.84. The molecule has 16 heavy (non-hydrogen) atoms. The van der Waals surface area contributed by atoms with E-state index in [0.717, 1.165) is 31.6 Å². The molecular formula is C13H18O2S. The van der Waals surface area contributed by atoms with E-state index < -0.39 is 0 Å². The van der Waals surface area contributed by atoms with Gasteiger partial charge in [-0.15, -0.1) is 11.8 Å². The summed E-state index contributed by atoms with van der Waals surface area (Å²) >= 11 is 1.79. The van der Waals surface area contributed by atoms with Gasteiger partial charge in [0.1, 0.15) is 0 Å². The van der Waals surface area contributed by atoms with Crippen molar-refractivity contribution in [1.29, 1.82) is 0 Å². The lowest BCUT2D eigenvalue weighted by Crippen LogP contribution is -2.25. The lowest BCUT2D eigenvalue weighted by molar-refractivity contribution is -0.00221. The summed E-state index contributed by atoms with van der Waals surface area (Å²) in [7, 11) is 0. The normalized spacial score (nSPS) is 22.2. The Morgan fingerprint density at radius 3 is 2.88 bits per heavy atom. The van der Waals surface area contributed by atoms with Crippen molar-refractivity contribution in [2.24, 2.45) is 0 Å². The fourth-order valence-corrected chi connectivity index (χ4v) is 2.85. The van der Waals surface area contributed by atoms with Crippen molar-refractivity contribution in [2.75, 3.05) is 12.4 Å². The molecule has 1 aromatic carbocycles. The van der Waals surface area contributed by atoms with Gasteiger partial charge in [0.25, 0.3) is 0 Å². The molecule has 88 valence electrons. The van der Waals surface area contributed by atoms with E-state index in [1.54, 1.807) is 11.8 Å². The Morgan fingerprint density at radius 1 is 1.38 bits per heavy atom. The van der Waals surface area contributed by atoms with E-state index >= 15 is 0 Å². The topological polar surface area (TPSA) is 29.5 Å². The molecule has 1 saturated heterocycles. The van der Waals surface area contributed by atoms with E-state index in [2.05, 4.69) is 12.1 Å². The minimum Gasteiger partial charge on any atom is -0.390 e. The van der Waals surface area contributed by atoms with E-state index in [1.807, 2.05) is 18.2 Å². The SMILES string of the molecule is O[C@H](CCSc1ccccc1)[C@H]1CCCO1. The zero-order valence-corrected chi connectivity index (χ0v) is 10.2. The number of ether oxygens (including phenoxy) is 1. The van der Waals surface area contributed by atoms with Crippen LogP contribution in [0.4, 0.5) is 0 Å². The predicted octanol–water partition coefficient (Wildman–Crippen LogP) is 2.71. The van der Waals surface area contributed by atoms with Gasteiger partial charge in [0.05, 0.1) is 12.2 Å². The number of benzene rings is 1. The van der Waals surface area contributed by atoms with Gasteiger partial charge < -0.3 is 9.84 Å². The molecule has 2 nitrogen and oxygen atoms in total. The summed E-state index contributed by atoms with van der Waals surface area (Å²) < 4.78 is 5.46. The molecule has 0 aromatic heterocycles. The summed E-state index contributed by atoms with van der Waals surface area (Å²) in [6, 6.07) is 10.3. The van der Waals surface area contributed by atoms with Gasteiger partial charge in [-0.05, 0) is 31.4 Å². The van der Waals surface area contributed by atoms with E-state index in [9.17, 15) is 5.11 Å². The molecule has 0 saturated carbocycles. The maximum Gasteiger partial charge on any atom is 0.0835 e. The van der Waals surface area contributed by atoms with Crippen LogP contribution < -0.4 is 0 Å². The smallest absolute Gasteiger partial charge is 0.0835 e. The fraction of sp³-hybridized carbons (Fsp3) is 0.538.